The Labute approximate surface area is 119 Å². The number of likely N-dealkylation sites (N-methyl/N-ethyl adjacent to an activating group) is 1. The molecular weight excluding hydrogens is 278 g/mol. The Hall–Kier alpha value is -1.79. The van der Waals surface area contributed by atoms with E-state index in [4.69, 9.17) is 0 Å². The van der Waals surface area contributed by atoms with Crippen LogP contribution in [0.2, 0.25) is 0 Å². The van der Waals surface area contributed by atoms with Crippen LogP contribution in [-0.4, -0.2) is 22.2 Å². The molecule has 0 saturated heterocycles. The molecule has 0 atom stereocenters. The third-order valence-corrected chi connectivity index (χ3v) is 4.66. The SMILES string of the molecule is CN1Sc2ccsc2C=C1C(=O)Nc1ccccn1. The van der Waals surface area contributed by atoms with Gasteiger partial charge in [0.1, 0.15) is 11.5 Å². The maximum atomic E-state index is 12.2. The van der Waals surface area contributed by atoms with E-state index in [2.05, 4.69) is 16.4 Å². The molecule has 2 aromatic rings. The largest absolute Gasteiger partial charge is 0.310 e. The minimum absolute atomic E-state index is 0.146. The number of nitrogens with one attached hydrogen (secondary N) is 1. The number of amides is 1. The number of fused-ring (bicyclic) bond motifs is 1. The Morgan fingerprint density at radius 1 is 1.37 bits per heavy atom. The van der Waals surface area contributed by atoms with Crippen molar-refractivity contribution in [2.24, 2.45) is 0 Å². The minimum Gasteiger partial charge on any atom is -0.310 e. The molecule has 6 heteroatoms. The third-order valence-electron chi connectivity index (χ3n) is 2.64. The molecule has 19 heavy (non-hydrogen) atoms. The second-order valence-electron chi connectivity index (χ2n) is 3.94. The molecule has 0 radical (unpaired) electrons. The van der Waals surface area contributed by atoms with Crippen LogP contribution in [0.1, 0.15) is 4.88 Å². The van der Waals surface area contributed by atoms with Gasteiger partial charge in [0.2, 0.25) is 0 Å². The predicted molar refractivity (Wildman–Crippen MR) is 78.8 cm³/mol. The van der Waals surface area contributed by atoms with Crippen molar-refractivity contribution in [3.8, 4) is 0 Å². The summed E-state index contributed by atoms with van der Waals surface area (Å²) in [7, 11) is 1.88. The summed E-state index contributed by atoms with van der Waals surface area (Å²) >= 11 is 3.20. The Bertz CT molecular complexity index is 636. The number of anilines is 1. The normalized spacial score (nSPS) is 13.7. The van der Waals surface area contributed by atoms with Crippen LogP contribution in [0.5, 0.6) is 0 Å². The van der Waals surface area contributed by atoms with Crippen LogP contribution in [0.25, 0.3) is 6.08 Å². The van der Waals surface area contributed by atoms with Crippen LogP contribution in [-0.2, 0) is 4.79 Å². The van der Waals surface area contributed by atoms with E-state index in [1.807, 2.05) is 34.9 Å². The molecule has 0 bridgehead atoms. The van der Waals surface area contributed by atoms with E-state index in [0.29, 0.717) is 11.5 Å². The van der Waals surface area contributed by atoms with E-state index in [9.17, 15) is 4.79 Å². The second-order valence-corrected chi connectivity index (χ2v) is 6.05. The summed E-state index contributed by atoms with van der Waals surface area (Å²) < 4.78 is 1.87. The molecule has 4 nitrogen and oxygen atoms in total. The molecule has 1 aliphatic rings. The van der Waals surface area contributed by atoms with Gasteiger partial charge in [0.15, 0.2) is 0 Å². The monoisotopic (exact) mass is 289 g/mol. The highest BCUT2D eigenvalue weighted by Crippen LogP contribution is 2.38. The molecule has 0 unspecified atom stereocenters. The predicted octanol–water partition coefficient (Wildman–Crippen LogP) is 3.08. The fourth-order valence-corrected chi connectivity index (χ4v) is 3.59. The van der Waals surface area contributed by atoms with Crippen LogP contribution in [0.3, 0.4) is 0 Å². The van der Waals surface area contributed by atoms with E-state index >= 15 is 0 Å². The van der Waals surface area contributed by atoms with Gasteiger partial charge in [0, 0.05) is 23.0 Å². The van der Waals surface area contributed by atoms with Crippen molar-refractivity contribution in [3.63, 3.8) is 0 Å². The minimum atomic E-state index is -0.146. The van der Waals surface area contributed by atoms with Crippen LogP contribution in [0, 0.1) is 0 Å². The number of thiophene rings is 1. The second kappa shape index (κ2) is 5.07. The molecule has 0 fully saturated rings. The number of hydrogen-bond acceptors (Lipinski definition) is 5. The lowest BCUT2D eigenvalue weighted by atomic mass is 10.3. The molecule has 3 heterocycles. The van der Waals surface area contributed by atoms with Gasteiger partial charge in [-0.15, -0.1) is 11.3 Å². The Morgan fingerprint density at radius 2 is 2.26 bits per heavy atom. The number of nitrogens with zero attached hydrogens (tertiary/aromatic N) is 2. The molecule has 0 aliphatic carbocycles. The zero-order valence-corrected chi connectivity index (χ0v) is 11.8. The summed E-state index contributed by atoms with van der Waals surface area (Å²) in [5.41, 5.74) is 0.630. The highest BCUT2D eigenvalue weighted by Gasteiger charge is 2.22. The van der Waals surface area contributed by atoms with Crippen molar-refractivity contribution in [3.05, 3.63) is 46.4 Å². The van der Waals surface area contributed by atoms with E-state index < -0.39 is 0 Å². The van der Waals surface area contributed by atoms with Crippen molar-refractivity contribution in [1.29, 1.82) is 0 Å². The van der Waals surface area contributed by atoms with Gasteiger partial charge in [-0.2, -0.15) is 0 Å². The average Bonchev–Trinajstić information content (AvgIpc) is 2.86. The molecule has 96 valence electrons. The molecule has 1 amide bonds. The molecular formula is C13H11N3OS2. The Kier molecular flexibility index (Phi) is 3.27. The van der Waals surface area contributed by atoms with E-state index in [1.54, 1.807) is 35.5 Å². The quantitative estimate of drug-likeness (QED) is 0.863. The first-order valence-electron chi connectivity index (χ1n) is 5.67. The smallest absolute Gasteiger partial charge is 0.274 e. The summed E-state index contributed by atoms with van der Waals surface area (Å²) in [5, 5.41) is 4.83. The van der Waals surface area contributed by atoms with Crippen molar-refractivity contribution in [2.75, 3.05) is 12.4 Å². The lowest BCUT2D eigenvalue weighted by Crippen LogP contribution is -2.25. The van der Waals surface area contributed by atoms with Crippen LogP contribution in [0.15, 0.2) is 46.4 Å². The lowest BCUT2D eigenvalue weighted by Gasteiger charge is -2.23. The zero-order chi connectivity index (χ0) is 13.2. The highest BCUT2D eigenvalue weighted by molar-refractivity contribution is 7.97. The summed E-state index contributed by atoms with van der Waals surface area (Å²) in [6, 6.07) is 7.49. The summed E-state index contributed by atoms with van der Waals surface area (Å²) in [6.07, 6.45) is 3.56. The molecule has 1 N–H and O–H groups in total. The molecule has 1 aliphatic heterocycles. The summed E-state index contributed by atoms with van der Waals surface area (Å²) in [6.45, 7) is 0. The number of carbonyl (C=O) groups is 1. The van der Waals surface area contributed by atoms with Crippen molar-refractivity contribution < 1.29 is 4.79 Å². The highest BCUT2D eigenvalue weighted by atomic mass is 32.2. The van der Waals surface area contributed by atoms with Crippen molar-refractivity contribution in [2.45, 2.75) is 4.90 Å². The molecule has 0 spiro atoms. The lowest BCUT2D eigenvalue weighted by molar-refractivity contribution is -0.113. The topological polar surface area (TPSA) is 45.2 Å². The third kappa shape index (κ3) is 2.50. The molecule has 2 aromatic heterocycles. The fourth-order valence-electron chi connectivity index (χ4n) is 1.73. The molecule has 3 rings (SSSR count). The van der Waals surface area contributed by atoms with Gasteiger partial charge in [-0.25, -0.2) is 4.98 Å². The summed E-state index contributed by atoms with van der Waals surface area (Å²) in [4.78, 5) is 18.6. The van der Waals surface area contributed by atoms with Crippen molar-refractivity contribution >= 4 is 41.1 Å². The van der Waals surface area contributed by atoms with Gasteiger partial charge in [-0.1, -0.05) is 6.07 Å². The Morgan fingerprint density at radius 3 is 3.05 bits per heavy atom. The standard InChI is InChI=1S/C13H11N3OS2/c1-16-9(8-11-10(19-16)5-7-18-11)13(17)15-12-4-2-3-6-14-12/h2-8H,1H3,(H,14,15,17). The number of hydrogen-bond donors (Lipinski definition) is 1. The van der Waals surface area contributed by atoms with E-state index in [1.165, 1.54) is 4.90 Å². The number of rotatable bonds is 2. The van der Waals surface area contributed by atoms with Gasteiger partial charge in [0.25, 0.3) is 5.91 Å². The molecule has 0 saturated carbocycles. The van der Waals surface area contributed by atoms with E-state index in [-0.39, 0.29) is 5.91 Å². The first-order valence-corrected chi connectivity index (χ1v) is 7.32. The van der Waals surface area contributed by atoms with Crippen molar-refractivity contribution in [1.82, 2.24) is 9.29 Å². The van der Waals surface area contributed by atoms with Gasteiger partial charge < -0.3 is 9.62 Å². The maximum absolute atomic E-state index is 12.2. The van der Waals surface area contributed by atoms with Crippen LogP contribution in [0.4, 0.5) is 5.82 Å². The van der Waals surface area contributed by atoms with Crippen LogP contribution >= 0.6 is 23.3 Å². The number of carbonyl (C=O) groups excluding carboxylic acids is 1. The van der Waals surface area contributed by atoms with Gasteiger partial charge >= 0.3 is 0 Å². The maximum Gasteiger partial charge on any atom is 0.274 e. The zero-order valence-electron chi connectivity index (χ0n) is 10.2. The average molecular weight is 289 g/mol. The Balaban J connectivity index is 1.84. The van der Waals surface area contributed by atoms with Gasteiger partial charge in [-0.3, -0.25) is 4.79 Å². The first kappa shape index (κ1) is 12.3. The van der Waals surface area contributed by atoms with Gasteiger partial charge in [-0.05, 0) is 41.6 Å². The first-order chi connectivity index (χ1) is 9.24. The van der Waals surface area contributed by atoms with E-state index in [0.717, 1.165) is 4.88 Å². The molecule has 0 aromatic carbocycles. The van der Waals surface area contributed by atoms with Crippen LogP contribution < -0.4 is 5.32 Å². The number of pyridine rings is 1. The number of aromatic nitrogens is 1. The summed E-state index contributed by atoms with van der Waals surface area (Å²) in [5.74, 6) is 0.413. The fraction of sp³-hybridized carbons (Fsp3) is 0.0769. The van der Waals surface area contributed by atoms with Gasteiger partial charge in [0.05, 0.1) is 0 Å².